The van der Waals surface area contributed by atoms with E-state index in [4.69, 9.17) is 0 Å². The first-order valence-corrected chi connectivity index (χ1v) is 12.7. The summed E-state index contributed by atoms with van der Waals surface area (Å²) in [5.74, 6) is -0.331. The molecule has 0 bridgehead atoms. The van der Waals surface area contributed by atoms with Gasteiger partial charge in [-0.25, -0.2) is 13.4 Å². The Morgan fingerprint density at radius 2 is 1.81 bits per heavy atom. The highest BCUT2D eigenvalue weighted by molar-refractivity contribution is 7.92. The molecular weight excluding hydrogens is 450 g/mol. The normalized spacial score (nSPS) is 13.2. The van der Waals surface area contributed by atoms with Crippen molar-refractivity contribution >= 4 is 49.4 Å². The van der Waals surface area contributed by atoms with Gasteiger partial charge in [0.2, 0.25) is 0 Å². The van der Waals surface area contributed by atoms with E-state index >= 15 is 0 Å². The summed E-state index contributed by atoms with van der Waals surface area (Å²) in [7, 11) is -3.68. The Balaban J connectivity index is 1.32. The van der Waals surface area contributed by atoms with Gasteiger partial charge in [-0.3, -0.25) is 14.4 Å². The van der Waals surface area contributed by atoms with Gasteiger partial charge in [0, 0.05) is 17.5 Å². The standard InChI is InChI=1S/C22H17N3O3S3/c26-21(24-22-23-18(14-30-22)20-6-3-13-29-20)16-7-9-17(10-8-16)31(27,28)25-12-11-15-4-1-2-5-19(15)25/h1-10,13-14H,11-12H2,(H,23,24,26). The highest BCUT2D eigenvalue weighted by Gasteiger charge is 2.30. The first-order valence-electron chi connectivity index (χ1n) is 9.54. The van der Waals surface area contributed by atoms with Gasteiger partial charge < -0.3 is 0 Å². The Bertz CT molecular complexity index is 1340. The Labute approximate surface area is 187 Å². The summed E-state index contributed by atoms with van der Waals surface area (Å²) < 4.78 is 27.6. The number of thiophene rings is 1. The number of rotatable bonds is 5. The van der Waals surface area contributed by atoms with Crippen molar-refractivity contribution in [3.63, 3.8) is 0 Å². The van der Waals surface area contributed by atoms with Crippen LogP contribution in [-0.2, 0) is 16.4 Å². The molecule has 1 aliphatic rings. The average molecular weight is 468 g/mol. The van der Waals surface area contributed by atoms with Crippen LogP contribution in [0.3, 0.4) is 0 Å². The van der Waals surface area contributed by atoms with Crippen LogP contribution in [0.2, 0.25) is 0 Å². The Hall–Kier alpha value is -3.01. The number of hydrogen-bond acceptors (Lipinski definition) is 6. The number of amides is 1. The van der Waals surface area contributed by atoms with Crippen LogP contribution in [-0.4, -0.2) is 25.9 Å². The Kier molecular flexibility index (Phi) is 5.09. The number of nitrogens with one attached hydrogen (secondary N) is 1. The van der Waals surface area contributed by atoms with Crippen LogP contribution in [0.25, 0.3) is 10.6 Å². The van der Waals surface area contributed by atoms with Crippen LogP contribution < -0.4 is 9.62 Å². The van der Waals surface area contributed by atoms with Crippen molar-refractivity contribution < 1.29 is 13.2 Å². The third-order valence-corrected chi connectivity index (χ3v) is 8.52. The zero-order chi connectivity index (χ0) is 21.4. The second-order valence-electron chi connectivity index (χ2n) is 6.95. The van der Waals surface area contributed by atoms with E-state index in [2.05, 4.69) is 10.3 Å². The van der Waals surface area contributed by atoms with E-state index in [-0.39, 0.29) is 10.8 Å². The molecule has 0 aliphatic carbocycles. The van der Waals surface area contributed by atoms with E-state index in [1.54, 1.807) is 11.3 Å². The SMILES string of the molecule is O=C(Nc1nc(-c2cccs2)cs1)c1ccc(S(=O)(=O)N2CCc3ccccc32)cc1. The van der Waals surface area contributed by atoms with Gasteiger partial charge in [0.15, 0.2) is 5.13 Å². The third kappa shape index (κ3) is 3.76. The minimum absolute atomic E-state index is 0.162. The van der Waals surface area contributed by atoms with Crippen LogP contribution >= 0.6 is 22.7 Å². The summed E-state index contributed by atoms with van der Waals surface area (Å²) in [4.78, 5) is 18.2. The van der Waals surface area contributed by atoms with E-state index in [9.17, 15) is 13.2 Å². The molecule has 0 atom stereocenters. The smallest absolute Gasteiger partial charge is 0.264 e. The van der Waals surface area contributed by atoms with Crippen LogP contribution in [0.1, 0.15) is 15.9 Å². The van der Waals surface area contributed by atoms with Crippen molar-refractivity contribution in [3.05, 3.63) is 82.6 Å². The van der Waals surface area contributed by atoms with Crippen LogP contribution in [0, 0.1) is 0 Å². The molecule has 6 nitrogen and oxygen atoms in total. The number of carbonyl (C=O) groups excluding carboxylic acids is 1. The van der Waals surface area contributed by atoms with Crippen molar-refractivity contribution in [1.29, 1.82) is 0 Å². The van der Waals surface area contributed by atoms with Gasteiger partial charge in [0.05, 0.1) is 21.2 Å². The molecule has 1 amide bonds. The second kappa shape index (κ2) is 7.92. The van der Waals surface area contributed by atoms with E-state index < -0.39 is 10.0 Å². The second-order valence-corrected chi connectivity index (χ2v) is 10.6. The summed E-state index contributed by atoms with van der Waals surface area (Å²) >= 11 is 2.93. The van der Waals surface area contributed by atoms with Crippen LogP contribution in [0.15, 0.2) is 76.3 Å². The summed E-state index contributed by atoms with van der Waals surface area (Å²) in [5, 5.41) is 7.15. The monoisotopic (exact) mass is 467 g/mol. The molecule has 31 heavy (non-hydrogen) atoms. The number of nitrogens with zero attached hydrogens (tertiary/aromatic N) is 2. The summed E-state index contributed by atoms with van der Waals surface area (Å²) in [6.07, 6.45) is 0.692. The predicted octanol–water partition coefficient (Wildman–Crippen LogP) is 4.88. The van der Waals surface area contributed by atoms with E-state index in [0.717, 1.165) is 21.8 Å². The zero-order valence-corrected chi connectivity index (χ0v) is 18.6. The summed E-state index contributed by atoms with van der Waals surface area (Å²) in [5.41, 5.74) is 2.93. The molecular formula is C22H17N3O3S3. The third-order valence-electron chi connectivity index (χ3n) is 5.05. The van der Waals surface area contributed by atoms with Crippen molar-refractivity contribution in [2.75, 3.05) is 16.2 Å². The number of hydrogen-bond donors (Lipinski definition) is 1. The maximum absolute atomic E-state index is 13.1. The molecule has 2 aromatic heterocycles. The lowest BCUT2D eigenvalue weighted by Gasteiger charge is -2.19. The molecule has 156 valence electrons. The lowest BCUT2D eigenvalue weighted by Crippen LogP contribution is -2.29. The van der Waals surface area contributed by atoms with E-state index in [1.807, 2.05) is 47.2 Å². The van der Waals surface area contributed by atoms with Gasteiger partial charge >= 0.3 is 0 Å². The van der Waals surface area contributed by atoms with Crippen molar-refractivity contribution in [2.24, 2.45) is 0 Å². The molecule has 3 heterocycles. The molecule has 4 aromatic rings. The number of sulfonamides is 1. The number of fused-ring (bicyclic) bond motifs is 1. The highest BCUT2D eigenvalue weighted by atomic mass is 32.2. The van der Waals surface area contributed by atoms with Crippen molar-refractivity contribution in [2.45, 2.75) is 11.3 Å². The Morgan fingerprint density at radius 1 is 1.00 bits per heavy atom. The molecule has 2 aromatic carbocycles. The first-order chi connectivity index (χ1) is 15.0. The van der Waals surface area contributed by atoms with Gasteiger partial charge in [-0.1, -0.05) is 24.3 Å². The molecule has 0 fully saturated rings. The largest absolute Gasteiger partial charge is 0.298 e. The fourth-order valence-electron chi connectivity index (χ4n) is 3.50. The molecule has 0 saturated heterocycles. The van der Waals surface area contributed by atoms with Gasteiger partial charge in [-0.2, -0.15) is 0 Å². The molecule has 1 aliphatic heterocycles. The van der Waals surface area contributed by atoms with E-state index in [0.29, 0.717) is 23.7 Å². The quantitative estimate of drug-likeness (QED) is 0.454. The minimum Gasteiger partial charge on any atom is -0.298 e. The van der Waals surface area contributed by atoms with Crippen molar-refractivity contribution in [3.8, 4) is 10.6 Å². The summed E-state index contributed by atoms with van der Waals surface area (Å²) in [6.45, 7) is 0.417. The molecule has 0 unspecified atom stereocenters. The van der Waals surface area contributed by atoms with Gasteiger partial charge in [-0.15, -0.1) is 22.7 Å². The number of thiazole rings is 1. The van der Waals surface area contributed by atoms with Gasteiger partial charge in [0.1, 0.15) is 0 Å². The maximum Gasteiger partial charge on any atom is 0.264 e. The number of anilines is 2. The zero-order valence-electron chi connectivity index (χ0n) is 16.2. The minimum atomic E-state index is -3.68. The number of para-hydroxylation sites is 1. The molecule has 0 spiro atoms. The van der Waals surface area contributed by atoms with Gasteiger partial charge in [0.25, 0.3) is 15.9 Å². The van der Waals surface area contributed by atoms with E-state index in [1.165, 1.54) is 39.9 Å². The number of benzene rings is 2. The first kappa shape index (κ1) is 19.9. The summed E-state index contributed by atoms with van der Waals surface area (Å²) in [6, 6.07) is 17.4. The molecule has 0 radical (unpaired) electrons. The average Bonchev–Trinajstić information content (AvgIpc) is 3.54. The molecule has 1 N–H and O–H groups in total. The lowest BCUT2D eigenvalue weighted by atomic mass is 10.2. The molecule has 5 rings (SSSR count). The fourth-order valence-corrected chi connectivity index (χ4v) is 6.47. The molecule has 9 heteroatoms. The van der Waals surface area contributed by atoms with Crippen LogP contribution in [0.4, 0.5) is 10.8 Å². The van der Waals surface area contributed by atoms with Gasteiger partial charge in [-0.05, 0) is 53.8 Å². The number of aromatic nitrogens is 1. The number of carbonyl (C=O) groups is 1. The highest BCUT2D eigenvalue weighted by Crippen LogP contribution is 2.33. The maximum atomic E-state index is 13.1. The van der Waals surface area contributed by atoms with Crippen LogP contribution in [0.5, 0.6) is 0 Å². The Morgan fingerprint density at radius 3 is 2.58 bits per heavy atom. The van der Waals surface area contributed by atoms with Crippen molar-refractivity contribution in [1.82, 2.24) is 4.98 Å². The fraction of sp³-hybridized carbons (Fsp3) is 0.0909. The topological polar surface area (TPSA) is 79.4 Å². The molecule has 0 saturated carbocycles. The lowest BCUT2D eigenvalue weighted by molar-refractivity contribution is 0.102. The predicted molar refractivity (Wildman–Crippen MR) is 125 cm³/mol.